The van der Waals surface area contributed by atoms with Crippen LogP contribution < -0.4 is 0 Å². The van der Waals surface area contributed by atoms with E-state index < -0.39 is 0 Å². The van der Waals surface area contributed by atoms with Crippen LogP contribution in [0.3, 0.4) is 0 Å². The first-order valence-corrected chi connectivity index (χ1v) is 9.52. The van der Waals surface area contributed by atoms with Crippen LogP contribution in [-0.2, 0) is 0 Å². The minimum absolute atomic E-state index is 0.684. The van der Waals surface area contributed by atoms with Gasteiger partial charge in [0.25, 0.3) is 0 Å². The van der Waals surface area contributed by atoms with Gasteiger partial charge >= 0.3 is 0 Å². The van der Waals surface area contributed by atoms with Crippen LogP contribution in [0.4, 0.5) is 0 Å². The molecule has 5 heterocycles. The number of nitrogens with one attached hydrogen (secondary N) is 3. The Labute approximate surface area is 170 Å². The van der Waals surface area contributed by atoms with Gasteiger partial charge in [-0.25, -0.2) is 15.0 Å². The Morgan fingerprint density at radius 2 is 1.93 bits per heavy atom. The molecule has 0 saturated carbocycles. The van der Waals surface area contributed by atoms with E-state index in [1.807, 2.05) is 42.9 Å². The lowest BCUT2D eigenvalue weighted by Crippen LogP contribution is -1.95. The minimum Gasteiger partial charge on any atom is -0.336 e. The maximum absolute atomic E-state index is 4.83. The SMILES string of the molecule is Cc1cn(-c2nccc3[nH]c(-c4n[nH]c5ccc(-c6c[nH]nc6C)cc45)nc23)cn1. The summed E-state index contributed by atoms with van der Waals surface area (Å²) in [6.07, 6.45) is 7.34. The Balaban J connectivity index is 1.53. The maximum atomic E-state index is 4.83. The lowest BCUT2D eigenvalue weighted by molar-refractivity contribution is 1.00. The molecule has 6 aromatic rings. The molecule has 6 rings (SSSR count). The molecule has 0 saturated heterocycles. The summed E-state index contributed by atoms with van der Waals surface area (Å²) < 4.78 is 1.88. The smallest absolute Gasteiger partial charge is 0.166 e. The quantitative estimate of drug-likeness (QED) is 0.422. The molecule has 9 heteroatoms. The summed E-state index contributed by atoms with van der Waals surface area (Å²) in [6.45, 7) is 3.93. The molecule has 0 amide bonds. The van der Waals surface area contributed by atoms with Crippen molar-refractivity contribution in [3.05, 3.63) is 60.6 Å². The predicted octanol–water partition coefficient (Wildman–Crippen LogP) is 3.69. The Morgan fingerprint density at radius 3 is 2.73 bits per heavy atom. The molecule has 0 aliphatic rings. The highest BCUT2D eigenvalue weighted by Crippen LogP contribution is 2.31. The third-order valence-electron chi connectivity index (χ3n) is 5.27. The average molecular weight is 395 g/mol. The van der Waals surface area contributed by atoms with Crippen molar-refractivity contribution < 1.29 is 0 Å². The van der Waals surface area contributed by atoms with E-state index in [0.29, 0.717) is 5.82 Å². The molecule has 1 aromatic carbocycles. The van der Waals surface area contributed by atoms with Crippen molar-refractivity contribution in [2.45, 2.75) is 13.8 Å². The second-order valence-electron chi connectivity index (χ2n) is 7.26. The second-order valence-corrected chi connectivity index (χ2v) is 7.26. The number of aromatic amines is 3. The van der Waals surface area contributed by atoms with Gasteiger partial charge in [0.1, 0.15) is 17.5 Å². The minimum atomic E-state index is 0.684. The largest absolute Gasteiger partial charge is 0.336 e. The fraction of sp³-hybridized carbons (Fsp3) is 0.0952. The first kappa shape index (κ1) is 16.7. The maximum Gasteiger partial charge on any atom is 0.166 e. The number of aryl methyl sites for hydroxylation is 2. The van der Waals surface area contributed by atoms with Gasteiger partial charge in [0, 0.05) is 29.5 Å². The summed E-state index contributed by atoms with van der Waals surface area (Å²) in [7, 11) is 0. The van der Waals surface area contributed by atoms with E-state index in [2.05, 4.69) is 47.5 Å². The molecule has 0 radical (unpaired) electrons. The first-order chi connectivity index (χ1) is 14.7. The van der Waals surface area contributed by atoms with Crippen molar-refractivity contribution in [2.75, 3.05) is 0 Å². The number of pyridine rings is 1. The Hall–Kier alpha value is -4.27. The van der Waals surface area contributed by atoms with Crippen LogP contribution in [0.15, 0.2) is 49.2 Å². The molecule has 0 aliphatic carbocycles. The van der Waals surface area contributed by atoms with E-state index in [1.54, 1.807) is 12.5 Å². The fourth-order valence-electron chi connectivity index (χ4n) is 3.77. The molecule has 9 nitrogen and oxygen atoms in total. The Bertz CT molecular complexity index is 1530. The van der Waals surface area contributed by atoms with Gasteiger partial charge in [-0.3, -0.25) is 14.8 Å². The number of aromatic nitrogens is 9. The zero-order chi connectivity index (χ0) is 20.2. The van der Waals surface area contributed by atoms with E-state index in [0.717, 1.165) is 56.0 Å². The lowest BCUT2D eigenvalue weighted by atomic mass is 10.0. The van der Waals surface area contributed by atoms with Crippen molar-refractivity contribution in [3.8, 4) is 28.5 Å². The van der Waals surface area contributed by atoms with Crippen LogP contribution >= 0.6 is 0 Å². The number of fused-ring (bicyclic) bond motifs is 2. The zero-order valence-corrected chi connectivity index (χ0v) is 16.3. The second kappa shape index (κ2) is 6.11. The lowest BCUT2D eigenvalue weighted by Gasteiger charge is -2.00. The highest BCUT2D eigenvalue weighted by atomic mass is 15.2. The van der Waals surface area contributed by atoms with E-state index in [1.165, 1.54) is 0 Å². The topological polar surface area (TPSA) is 117 Å². The molecule has 0 fully saturated rings. The highest BCUT2D eigenvalue weighted by molar-refractivity contribution is 5.96. The predicted molar refractivity (Wildman–Crippen MR) is 113 cm³/mol. The molecule has 30 heavy (non-hydrogen) atoms. The molecule has 146 valence electrons. The molecule has 0 spiro atoms. The summed E-state index contributed by atoms with van der Waals surface area (Å²) >= 11 is 0. The van der Waals surface area contributed by atoms with Crippen LogP contribution in [0.25, 0.3) is 50.4 Å². The van der Waals surface area contributed by atoms with Gasteiger partial charge in [-0.1, -0.05) is 6.07 Å². The van der Waals surface area contributed by atoms with Crippen LogP contribution in [0.1, 0.15) is 11.4 Å². The van der Waals surface area contributed by atoms with Crippen LogP contribution in [0.2, 0.25) is 0 Å². The summed E-state index contributed by atoms with van der Waals surface area (Å²) in [6, 6.07) is 8.10. The highest BCUT2D eigenvalue weighted by Gasteiger charge is 2.17. The number of nitrogens with zero attached hydrogens (tertiary/aromatic N) is 6. The summed E-state index contributed by atoms with van der Waals surface area (Å²) in [5.41, 5.74) is 7.37. The summed E-state index contributed by atoms with van der Waals surface area (Å²) in [4.78, 5) is 17.0. The summed E-state index contributed by atoms with van der Waals surface area (Å²) in [5.74, 6) is 1.41. The van der Waals surface area contributed by atoms with Gasteiger partial charge < -0.3 is 4.98 Å². The number of hydrogen-bond donors (Lipinski definition) is 3. The van der Waals surface area contributed by atoms with Gasteiger partial charge in [0.05, 0.1) is 22.4 Å². The number of H-pyrrole nitrogens is 3. The number of imidazole rings is 2. The van der Waals surface area contributed by atoms with Crippen molar-refractivity contribution in [1.82, 2.24) is 44.9 Å². The van der Waals surface area contributed by atoms with Crippen LogP contribution in [0.5, 0.6) is 0 Å². The van der Waals surface area contributed by atoms with E-state index in [-0.39, 0.29) is 0 Å². The third kappa shape index (κ3) is 2.45. The molecule has 0 bridgehead atoms. The van der Waals surface area contributed by atoms with Gasteiger partial charge in [0.2, 0.25) is 0 Å². The van der Waals surface area contributed by atoms with Crippen molar-refractivity contribution in [3.63, 3.8) is 0 Å². The van der Waals surface area contributed by atoms with Gasteiger partial charge in [-0.05, 0) is 37.6 Å². The monoisotopic (exact) mass is 395 g/mol. The standard InChI is InChI=1S/C21H17N9/c1-11-9-30(10-23-11)21-19-17(5-6-22-21)25-20(26-19)18-14-7-13(3-4-16(14)28-29-18)15-8-24-27-12(15)2/h3-10H,1-2H3,(H,24,27)(H,25,26)(H,28,29). The number of benzene rings is 1. The average Bonchev–Trinajstić information content (AvgIpc) is 3.52. The van der Waals surface area contributed by atoms with E-state index in [4.69, 9.17) is 4.98 Å². The van der Waals surface area contributed by atoms with Crippen molar-refractivity contribution in [1.29, 1.82) is 0 Å². The van der Waals surface area contributed by atoms with E-state index in [9.17, 15) is 0 Å². The first-order valence-electron chi connectivity index (χ1n) is 9.52. The molecular formula is C21H17N9. The number of hydrogen-bond acceptors (Lipinski definition) is 5. The van der Waals surface area contributed by atoms with E-state index >= 15 is 0 Å². The van der Waals surface area contributed by atoms with Gasteiger partial charge in [-0.2, -0.15) is 10.2 Å². The summed E-state index contributed by atoms with van der Waals surface area (Å²) in [5, 5.41) is 15.8. The Morgan fingerprint density at radius 1 is 1.00 bits per heavy atom. The molecule has 0 unspecified atom stereocenters. The number of rotatable bonds is 3. The zero-order valence-electron chi connectivity index (χ0n) is 16.3. The van der Waals surface area contributed by atoms with Gasteiger partial charge in [-0.15, -0.1) is 0 Å². The molecule has 0 atom stereocenters. The molecule has 3 N–H and O–H groups in total. The molecule has 5 aromatic heterocycles. The van der Waals surface area contributed by atoms with Crippen molar-refractivity contribution in [2.24, 2.45) is 0 Å². The van der Waals surface area contributed by atoms with Crippen LogP contribution in [-0.4, -0.2) is 44.9 Å². The Kier molecular flexibility index (Phi) is 3.40. The fourth-order valence-corrected chi connectivity index (χ4v) is 3.77. The van der Waals surface area contributed by atoms with Gasteiger partial charge in [0.15, 0.2) is 11.6 Å². The van der Waals surface area contributed by atoms with Crippen molar-refractivity contribution >= 4 is 21.9 Å². The molecular weight excluding hydrogens is 378 g/mol. The van der Waals surface area contributed by atoms with Crippen LogP contribution in [0, 0.1) is 13.8 Å². The molecule has 0 aliphatic heterocycles. The third-order valence-corrected chi connectivity index (χ3v) is 5.27. The normalized spacial score (nSPS) is 11.7.